The van der Waals surface area contributed by atoms with Crippen molar-refractivity contribution in [3.05, 3.63) is 0 Å². The van der Waals surface area contributed by atoms with E-state index in [0.29, 0.717) is 12.3 Å². The summed E-state index contributed by atoms with van der Waals surface area (Å²) in [7, 11) is 0. The summed E-state index contributed by atoms with van der Waals surface area (Å²) in [6, 6.07) is 0. The van der Waals surface area contributed by atoms with Gasteiger partial charge in [-0.3, -0.25) is 0 Å². The van der Waals surface area contributed by atoms with Gasteiger partial charge in [0.15, 0.2) is 0 Å². The van der Waals surface area contributed by atoms with Gasteiger partial charge >= 0.3 is 6.09 Å². The number of hydrogen-bond donors (Lipinski definition) is 0. The van der Waals surface area contributed by atoms with E-state index in [4.69, 9.17) is 4.74 Å². The fourth-order valence-electron chi connectivity index (χ4n) is 1.64. The van der Waals surface area contributed by atoms with Crippen LogP contribution in [0.2, 0.25) is 0 Å². The van der Waals surface area contributed by atoms with Crippen LogP contribution in [-0.2, 0) is 9.53 Å². The fraction of sp³-hybridized carbons (Fsp3) is 0.833. The lowest BCUT2D eigenvalue weighted by Crippen LogP contribution is -2.51. The number of ether oxygens (including phenoxy) is 1. The molecule has 1 amide bonds. The van der Waals surface area contributed by atoms with Crippen LogP contribution in [-0.4, -0.2) is 35.5 Å². The zero-order chi connectivity index (χ0) is 12.3. The Balaban J connectivity index is 2.20. The lowest BCUT2D eigenvalue weighted by molar-refractivity contribution is -0.117. The minimum Gasteiger partial charge on any atom is -0.444 e. The quantitative estimate of drug-likeness (QED) is 0.742. The first-order chi connectivity index (χ1) is 7.28. The zero-order valence-electron chi connectivity index (χ0n) is 10.6. The molecule has 0 spiro atoms. The molecule has 0 unspecified atom stereocenters. The average molecular weight is 227 g/mol. The summed E-state index contributed by atoms with van der Waals surface area (Å²) in [4.78, 5) is 24.0. The van der Waals surface area contributed by atoms with E-state index in [1.54, 1.807) is 11.8 Å². The summed E-state index contributed by atoms with van der Waals surface area (Å²) in [5.41, 5.74) is -0.429. The number of hydrogen-bond acceptors (Lipinski definition) is 3. The molecule has 0 bridgehead atoms. The minimum absolute atomic E-state index is 0.218. The van der Waals surface area contributed by atoms with E-state index in [1.807, 2.05) is 20.8 Å². The van der Waals surface area contributed by atoms with Gasteiger partial charge in [-0.05, 0) is 40.0 Å². The van der Waals surface area contributed by atoms with Gasteiger partial charge in [-0.2, -0.15) is 0 Å². The molecule has 1 aliphatic rings. The Kier molecular flexibility index (Phi) is 3.94. The van der Waals surface area contributed by atoms with Crippen LogP contribution in [0.15, 0.2) is 0 Å². The van der Waals surface area contributed by atoms with E-state index in [1.165, 1.54) is 0 Å². The van der Waals surface area contributed by atoms with Crippen LogP contribution in [0.25, 0.3) is 0 Å². The first kappa shape index (κ1) is 13.0. The maximum absolute atomic E-state index is 11.6. The third-order valence-corrected chi connectivity index (χ3v) is 2.51. The van der Waals surface area contributed by atoms with Gasteiger partial charge in [0.25, 0.3) is 0 Å². The summed E-state index contributed by atoms with van der Waals surface area (Å²) >= 11 is 0. The third kappa shape index (κ3) is 4.21. The molecule has 0 aromatic carbocycles. The molecule has 1 rings (SSSR count). The second-order valence-corrected chi connectivity index (χ2v) is 5.49. The largest absolute Gasteiger partial charge is 0.444 e. The number of carbonyl (C=O) groups excluding carboxylic acids is 2. The number of carbonyl (C=O) groups is 2. The summed E-state index contributed by atoms with van der Waals surface area (Å²) in [5.74, 6) is 0.687. The van der Waals surface area contributed by atoms with Crippen LogP contribution < -0.4 is 0 Å². The highest BCUT2D eigenvalue weighted by atomic mass is 16.6. The normalized spacial score (nSPS) is 16.9. The van der Waals surface area contributed by atoms with Gasteiger partial charge < -0.3 is 14.4 Å². The first-order valence-electron chi connectivity index (χ1n) is 5.75. The molecule has 0 saturated carbocycles. The Morgan fingerprint density at radius 3 is 2.31 bits per heavy atom. The number of nitrogens with zero attached hydrogens (tertiary/aromatic N) is 1. The van der Waals surface area contributed by atoms with Crippen LogP contribution >= 0.6 is 0 Å². The van der Waals surface area contributed by atoms with Crippen molar-refractivity contribution in [2.45, 2.75) is 46.1 Å². The van der Waals surface area contributed by atoms with Gasteiger partial charge in [-0.1, -0.05) is 0 Å². The Morgan fingerprint density at radius 2 is 1.88 bits per heavy atom. The molecular weight excluding hydrogens is 206 g/mol. The van der Waals surface area contributed by atoms with Gasteiger partial charge in [0, 0.05) is 19.5 Å². The van der Waals surface area contributed by atoms with E-state index in [0.717, 1.165) is 19.5 Å². The molecular formula is C12H21NO3. The maximum Gasteiger partial charge on any atom is 0.410 e. The SMILES string of the molecule is CC(=O)CCC1CN(C(=O)OC(C)(C)C)C1. The number of rotatable bonds is 3. The molecule has 0 radical (unpaired) electrons. The van der Waals surface area contributed by atoms with Crippen LogP contribution in [0.5, 0.6) is 0 Å². The van der Waals surface area contributed by atoms with Crippen LogP contribution in [0.1, 0.15) is 40.5 Å². The molecule has 1 aliphatic heterocycles. The predicted octanol–water partition coefficient (Wildman–Crippen LogP) is 2.22. The van der Waals surface area contributed by atoms with Gasteiger partial charge in [0.05, 0.1) is 0 Å². The van der Waals surface area contributed by atoms with Crippen LogP contribution in [0.3, 0.4) is 0 Å². The molecule has 0 N–H and O–H groups in total. The molecule has 1 heterocycles. The van der Waals surface area contributed by atoms with Crippen molar-refractivity contribution < 1.29 is 14.3 Å². The highest BCUT2D eigenvalue weighted by molar-refractivity contribution is 5.75. The van der Waals surface area contributed by atoms with E-state index in [9.17, 15) is 9.59 Å². The zero-order valence-corrected chi connectivity index (χ0v) is 10.6. The van der Waals surface area contributed by atoms with E-state index >= 15 is 0 Å². The number of Topliss-reactive ketones (excluding diaryl/α,β-unsaturated/α-hetero) is 1. The van der Waals surface area contributed by atoms with Crippen molar-refractivity contribution in [3.8, 4) is 0 Å². The predicted molar refractivity (Wildman–Crippen MR) is 61.2 cm³/mol. The molecule has 0 atom stereocenters. The van der Waals surface area contributed by atoms with Crippen molar-refractivity contribution in [1.82, 2.24) is 4.90 Å². The smallest absolute Gasteiger partial charge is 0.410 e. The molecule has 4 heteroatoms. The maximum atomic E-state index is 11.6. The topological polar surface area (TPSA) is 46.6 Å². The molecule has 0 aliphatic carbocycles. The number of amides is 1. The minimum atomic E-state index is -0.429. The van der Waals surface area contributed by atoms with Crippen LogP contribution in [0.4, 0.5) is 4.79 Å². The van der Waals surface area contributed by atoms with Gasteiger partial charge in [-0.25, -0.2) is 4.79 Å². The summed E-state index contributed by atoms with van der Waals surface area (Å²) < 4.78 is 5.24. The fourth-order valence-corrected chi connectivity index (χ4v) is 1.64. The Bertz CT molecular complexity index is 274. The average Bonchev–Trinajstić information content (AvgIpc) is 1.96. The van der Waals surface area contributed by atoms with Gasteiger partial charge in [0.1, 0.15) is 11.4 Å². The lowest BCUT2D eigenvalue weighted by Gasteiger charge is -2.39. The Labute approximate surface area is 96.9 Å². The number of likely N-dealkylation sites (tertiary alicyclic amines) is 1. The molecule has 16 heavy (non-hydrogen) atoms. The summed E-state index contributed by atoms with van der Waals surface area (Å²) in [6.45, 7) is 8.63. The molecule has 4 nitrogen and oxygen atoms in total. The van der Waals surface area contributed by atoms with Crippen molar-refractivity contribution >= 4 is 11.9 Å². The second kappa shape index (κ2) is 4.85. The van der Waals surface area contributed by atoms with Crippen molar-refractivity contribution in [1.29, 1.82) is 0 Å². The molecule has 0 aromatic heterocycles. The highest BCUT2D eigenvalue weighted by Gasteiger charge is 2.33. The summed E-state index contributed by atoms with van der Waals surface area (Å²) in [6.07, 6.45) is 1.26. The van der Waals surface area contributed by atoms with Crippen LogP contribution in [0, 0.1) is 5.92 Å². The second-order valence-electron chi connectivity index (χ2n) is 5.49. The standard InChI is InChI=1S/C12H21NO3/c1-9(14)5-6-10-7-13(8-10)11(15)16-12(2,3)4/h10H,5-8H2,1-4H3. The van der Waals surface area contributed by atoms with Crippen molar-refractivity contribution in [3.63, 3.8) is 0 Å². The van der Waals surface area contributed by atoms with Gasteiger partial charge in [0.2, 0.25) is 0 Å². The number of ketones is 1. The first-order valence-corrected chi connectivity index (χ1v) is 5.75. The van der Waals surface area contributed by atoms with Crippen molar-refractivity contribution in [2.75, 3.05) is 13.1 Å². The molecule has 0 aromatic rings. The van der Waals surface area contributed by atoms with E-state index < -0.39 is 5.60 Å². The molecule has 1 saturated heterocycles. The Hall–Kier alpha value is -1.06. The monoisotopic (exact) mass is 227 g/mol. The van der Waals surface area contributed by atoms with Crippen molar-refractivity contribution in [2.24, 2.45) is 5.92 Å². The molecule has 1 fully saturated rings. The van der Waals surface area contributed by atoms with E-state index in [2.05, 4.69) is 0 Å². The highest BCUT2D eigenvalue weighted by Crippen LogP contribution is 2.23. The Morgan fingerprint density at radius 1 is 1.31 bits per heavy atom. The van der Waals surface area contributed by atoms with E-state index in [-0.39, 0.29) is 11.9 Å². The van der Waals surface area contributed by atoms with Gasteiger partial charge in [-0.15, -0.1) is 0 Å². The summed E-state index contributed by atoms with van der Waals surface area (Å²) in [5, 5.41) is 0. The molecule has 92 valence electrons. The lowest BCUT2D eigenvalue weighted by atomic mass is 9.94. The third-order valence-electron chi connectivity index (χ3n) is 2.51.